The molecule has 0 spiro atoms. The number of fused-ring (bicyclic) bond motifs is 4. The number of ether oxygens (including phenoxy) is 1. The van der Waals surface area contributed by atoms with Gasteiger partial charge in [0.2, 0.25) is 0 Å². The Kier molecular flexibility index (Phi) is 5.05. The molecular weight excluding hydrogens is 424 g/mol. The number of allylic oxidation sites excluding steroid dienone is 4. The molecule has 0 aromatic carbocycles. The van der Waals surface area contributed by atoms with Crippen molar-refractivity contribution in [3.63, 3.8) is 0 Å². The standard InChI is InChI=1S/C26H34O7/c1-23(2,3)25-9-7-13(11-25)15(19(27)28)17(25)21(31)33-22(32)18-16(20(29)30)14-8-10-26(18,12-14)24(4,5)6/h7-10,13-18H,11-12H2,1-6H3,(H,27,28)(H,29,30). The molecule has 0 aromatic rings. The molecule has 4 rings (SSSR count). The maximum absolute atomic E-state index is 13.5. The van der Waals surface area contributed by atoms with E-state index in [2.05, 4.69) is 0 Å². The van der Waals surface area contributed by atoms with Crippen LogP contribution < -0.4 is 0 Å². The largest absolute Gasteiger partial charge is 0.481 e. The van der Waals surface area contributed by atoms with Gasteiger partial charge in [-0.25, -0.2) is 0 Å². The molecule has 4 aliphatic carbocycles. The second kappa shape index (κ2) is 7.03. The van der Waals surface area contributed by atoms with E-state index in [1.807, 2.05) is 65.8 Å². The number of carbonyl (C=O) groups excluding carboxylic acids is 2. The molecule has 7 heteroatoms. The zero-order valence-corrected chi connectivity index (χ0v) is 20.1. The summed E-state index contributed by atoms with van der Waals surface area (Å²) in [5.74, 6) is -8.41. The zero-order valence-electron chi connectivity index (χ0n) is 20.1. The number of carbonyl (C=O) groups is 4. The third-order valence-electron chi connectivity index (χ3n) is 9.25. The van der Waals surface area contributed by atoms with Crippen LogP contribution in [0.3, 0.4) is 0 Å². The van der Waals surface area contributed by atoms with E-state index in [0.29, 0.717) is 12.8 Å². The van der Waals surface area contributed by atoms with Crippen LogP contribution in [0.2, 0.25) is 0 Å². The second-order valence-electron chi connectivity index (χ2n) is 12.5. The Hall–Kier alpha value is -2.44. The number of carboxylic acids is 2. The molecular formula is C26H34O7. The van der Waals surface area contributed by atoms with Crippen molar-refractivity contribution < 1.29 is 34.1 Å². The first kappa shape index (κ1) is 23.7. The van der Waals surface area contributed by atoms with E-state index in [1.165, 1.54) is 0 Å². The van der Waals surface area contributed by atoms with Gasteiger partial charge in [-0.2, -0.15) is 0 Å². The van der Waals surface area contributed by atoms with Crippen LogP contribution in [0, 0.1) is 57.2 Å². The molecule has 0 saturated heterocycles. The van der Waals surface area contributed by atoms with Gasteiger partial charge in [0.25, 0.3) is 0 Å². The number of hydrogen-bond donors (Lipinski definition) is 2. The fraction of sp³-hybridized carbons (Fsp3) is 0.692. The lowest BCUT2D eigenvalue weighted by Gasteiger charge is -2.45. The van der Waals surface area contributed by atoms with Crippen LogP contribution >= 0.6 is 0 Å². The lowest BCUT2D eigenvalue weighted by atomic mass is 9.59. The Morgan fingerprint density at radius 2 is 1.06 bits per heavy atom. The van der Waals surface area contributed by atoms with Crippen LogP contribution in [-0.2, 0) is 23.9 Å². The van der Waals surface area contributed by atoms with Gasteiger partial charge in [-0.15, -0.1) is 0 Å². The van der Waals surface area contributed by atoms with Crippen LogP contribution in [0.15, 0.2) is 24.3 Å². The topological polar surface area (TPSA) is 118 Å². The summed E-state index contributed by atoms with van der Waals surface area (Å²) in [5, 5.41) is 19.8. The highest BCUT2D eigenvalue weighted by atomic mass is 16.6. The summed E-state index contributed by atoms with van der Waals surface area (Å²) in [4.78, 5) is 51.3. The number of esters is 2. The van der Waals surface area contributed by atoms with Crippen molar-refractivity contribution in [3.05, 3.63) is 24.3 Å². The summed E-state index contributed by atoms with van der Waals surface area (Å²) in [6.07, 6.45) is 8.60. The van der Waals surface area contributed by atoms with Crippen molar-refractivity contribution in [3.8, 4) is 0 Å². The third-order valence-corrected chi connectivity index (χ3v) is 9.25. The van der Waals surface area contributed by atoms with Gasteiger partial charge < -0.3 is 14.9 Å². The highest BCUT2D eigenvalue weighted by Crippen LogP contribution is 2.66. The number of hydrogen-bond acceptors (Lipinski definition) is 5. The van der Waals surface area contributed by atoms with E-state index < -0.39 is 69.2 Å². The van der Waals surface area contributed by atoms with Gasteiger partial charge in [0.05, 0.1) is 23.7 Å². The molecule has 7 nitrogen and oxygen atoms in total. The highest BCUT2D eigenvalue weighted by Gasteiger charge is 2.67. The third kappa shape index (κ3) is 3.07. The number of rotatable bonds is 4. The molecule has 0 radical (unpaired) electrons. The molecule has 180 valence electrons. The molecule has 2 N–H and O–H groups in total. The van der Waals surface area contributed by atoms with E-state index in [4.69, 9.17) is 4.74 Å². The van der Waals surface area contributed by atoms with Gasteiger partial charge in [0, 0.05) is 10.8 Å². The summed E-state index contributed by atoms with van der Waals surface area (Å²) in [7, 11) is 0. The number of carboxylic acid groups (broad SMARTS) is 2. The zero-order chi connectivity index (χ0) is 24.7. The summed E-state index contributed by atoms with van der Waals surface area (Å²) < 4.78 is 5.45. The maximum atomic E-state index is 13.5. The summed E-state index contributed by atoms with van der Waals surface area (Å²) in [5.41, 5.74) is -2.33. The first-order valence-corrected chi connectivity index (χ1v) is 11.7. The monoisotopic (exact) mass is 458 g/mol. The quantitative estimate of drug-likeness (QED) is 0.372. The van der Waals surface area contributed by atoms with Crippen LogP contribution in [0.4, 0.5) is 0 Å². The van der Waals surface area contributed by atoms with Gasteiger partial charge >= 0.3 is 23.9 Å². The normalized spacial score (nSPS) is 40.9. The van der Waals surface area contributed by atoms with E-state index in [-0.39, 0.29) is 11.8 Å². The van der Waals surface area contributed by atoms with Crippen LogP contribution in [0.25, 0.3) is 0 Å². The Morgan fingerprint density at radius 1 is 0.727 bits per heavy atom. The molecule has 4 bridgehead atoms. The van der Waals surface area contributed by atoms with Crippen molar-refractivity contribution in [2.24, 2.45) is 57.2 Å². The predicted molar refractivity (Wildman–Crippen MR) is 119 cm³/mol. The minimum atomic E-state index is -1.08. The van der Waals surface area contributed by atoms with Crippen molar-refractivity contribution in [1.29, 1.82) is 0 Å². The van der Waals surface area contributed by atoms with Gasteiger partial charge in [-0.1, -0.05) is 65.8 Å². The summed E-state index contributed by atoms with van der Waals surface area (Å²) in [6.45, 7) is 11.8. The Morgan fingerprint density at radius 3 is 1.33 bits per heavy atom. The first-order valence-electron chi connectivity index (χ1n) is 11.7. The lowest BCUT2D eigenvalue weighted by Crippen LogP contribution is -2.49. The fourth-order valence-corrected chi connectivity index (χ4v) is 7.37. The van der Waals surface area contributed by atoms with Crippen LogP contribution in [0.5, 0.6) is 0 Å². The SMILES string of the molecule is CC(C)(C)C12C=CC(C1)C(C(=O)O)C2C(=O)OC(=O)C1C(C(=O)O)C2C=CC1(C(C)(C)C)C2. The van der Waals surface area contributed by atoms with Crippen molar-refractivity contribution >= 4 is 23.9 Å². The van der Waals surface area contributed by atoms with Gasteiger partial charge in [0.1, 0.15) is 0 Å². The molecule has 0 aliphatic heterocycles. The van der Waals surface area contributed by atoms with E-state index in [1.54, 1.807) is 0 Å². The smallest absolute Gasteiger partial charge is 0.318 e. The van der Waals surface area contributed by atoms with Crippen LogP contribution in [-0.4, -0.2) is 34.1 Å². The Balaban J connectivity index is 1.68. The maximum Gasteiger partial charge on any atom is 0.318 e. The molecule has 0 aromatic heterocycles. The average molecular weight is 459 g/mol. The van der Waals surface area contributed by atoms with Gasteiger partial charge in [-0.3, -0.25) is 19.2 Å². The molecule has 33 heavy (non-hydrogen) atoms. The molecule has 4 aliphatic rings. The molecule has 8 atom stereocenters. The predicted octanol–water partition coefficient (Wildman–Crippen LogP) is 3.93. The summed E-state index contributed by atoms with van der Waals surface area (Å²) >= 11 is 0. The Labute approximate surface area is 194 Å². The first-order chi connectivity index (χ1) is 15.1. The minimum Gasteiger partial charge on any atom is -0.481 e. The van der Waals surface area contributed by atoms with E-state index in [9.17, 15) is 29.4 Å². The average Bonchev–Trinajstić information content (AvgIpc) is 3.42. The molecule has 2 saturated carbocycles. The molecule has 0 heterocycles. The molecule has 2 fully saturated rings. The fourth-order valence-electron chi connectivity index (χ4n) is 7.37. The highest BCUT2D eigenvalue weighted by molar-refractivity contribution is 5.94. The number of aliphatic carboxylic acids is 2. The van der Waals surface area contributed by atoms with Crippen molar-refractivity contribution in [2.75, 3.05) is 0 Å². The second-order valence-corrected chi connectivity index (χ2v) is 12.5. The van der Waals surface area contributed by atoms with Crippen molar-refractivity contribution in [1.82, 2.24) is 0 Å². The molecule has 8 unspecified atom stereocenters. The summed E-state index contributed by atoms with van der Waals surface area (Å²) in [6, 6.07) is 0. The van der Waals surface area contributed by atoms with Crippen LogP contribution in [0.1, 0.15) is 54.4 Å². The molecule has 0 amide bonds. The van der Waals surface area contributed by atoms with E-state index >= 15 is 0 Å². The van der Waals surface area contributed by atoms with Crippen molar-refractivity contribution in [2.45, 2.75) is 54.4 Å². The van der Waals surface area contributed by atoms with Gasteiger partial charge in [-0.05, 0) is 35.5 Å². The van der Waals surface area contributed by atoms with Gasteiger partial charge in [0.15, 0.2) is 0 Å². The lowest BCUT2D eigenvalue weighted by molar-refractivity contribution is -0.178. The Bertz CT molecular complexity index is 900. The minimum absolute atomic E-state index is 0.299. The van der Waals surface area contributed by atoms with E-state index in [0.717, 1.165) is 0 Å².